The fraction of sp³-hybridized carbons (Fsp3) is 0.533. The summed E-state index contributed by atoms with van der Waals surface area (Å²) in [6.45, 7) is 0.481. The molecular weight excluding hydrogens is 288 g/mol. The smallest absolute Gasteiger partial charge is 0.337 e. The largest absolute Gasteiger partial charge is 0.405 e. The molecule has 0 bridgehead atoms. The van der Waals surface area contributed by atoms with E-state index in [1.54, 1.807) is 0 Å². The highest BCUT2D eigenvalue weighted by Crippen LogP contribution is 2.33. The third-order valence-electron chi connectivity index (χ3n) is 4.00. The molecule has 0 aliphatic heterocycles. The Balaban J connectivity index is 2.17. The van der Waals surface area contributed by atoms with Crippen molar-refractivity contribution in [3.05, 3.63) is 42.9 Å². The standard InChI is InChI=1S/C15H18N2O5/c1-21-7-6-17-14-12(13(19)16-15(17)20)10(8-11(18)22-14)5-4-9-2-3-9/h8-9H,2-7H2,1H3,(H,16,19,20). The van der Waals surface area contributed by atoms with Crippen LogP contribution in [-0.2, 0) is 17.7 Å². The first-order chi connectivity index (χ1) is 10.6. The van der Waals surface area contributed by atoms with E-state index in [0.29, 0.717) is 17.9 Å². The molecule has 7 nitrogen and oxygen atoms in total. The van der Waals surface area contributed by atoms with E-state index in [1.807, 2.05) is 0 Å². The number of aryl methyl sites for hydroxylation is 1. The normalized spacial score (nSPS) is 14.6. The van der Waals surface area contributed by atoms with E-state index >= 15 is 0 Å². The van der Waals surface area contributed by atoms with Gasteiger partial charge in [-0.25, -0.2) is 9.59 Å². The third kappa shape index (κ3) is 2.89. The molecule has 1 aliphatic rings. The molecule has 0 atom stereocenters. The van der Waals surface area contributed by atoms with Crippen molar-refractivity contribution in [2.24, 2.45) is 5.92 Å². The van der Waals surface area contributed by atoms with E-state index in [1.165, 1.54) is 30.6 Å². The minimum atomic E-state index is -0.600. The number of hydrogen-bond donors (Lipinski definition) is 1. The lowest BCUT2D eigenvalue weighted by molar-refractivity contribution is 0.185. The van der Waals surface area contributed by atoms with Gasteiger partial charge in [0.1, 0.15) is 5.39 Å². The van der Waals surface area contributed by atoms with Crippen molar-refractivity contribution in [1.29, 1.82) is 0 Å². The summed E-state index contributed by atoms with van der Waals surface area (Å²) >= 11 is 0. The van der Waals surface area contributed by atoms with E-state index in [0.717, 1.165) is 6.42 Å². The summed E-state index contributed by atoms with van der Waals surface area (Å²) in [6, 6.07) is 1.35. The van der Waals surface area contributed by atoms with Gasteiger partial charge in [0.15, 0.2) is 0 Å². The predicted molar refractivity (Wildman–Crippen MR) is 80.3 cm³/mol. The number of nitrogens with one attached hydrogen (secondary N) is 1. The molecule has 0 saturated heterocycles. The molecule has 1 aliphatic carbocycles. The van der Waals surface area contributed by atoms with Gasteiger partial charge < -0.3 is 9.15 Å². The Morgan fingerprint density at radius 1 is 1.36 bits per heavy atom. The van der Waals surface area contributed by atoms with Gasteiger partial charge in [-0.1, -0.05) is 12.8 Å². The van der Waals surface area contributed by atoms with Crippen molar-refractivity contribution in [3.8, 4) is 0 Å². The summed E-state index contributed by atoms with van der Waals surface area (Å²) in [6.07, 6.45) is 3.98. The quantitative estimate of drug-likeness (QED) is 0.845. The van der Waals surface area contributed by atoms with Gasteiger partial charge in [0.25, 0.3) is 5.56 Å². The number of rotatable bonds is 6. The van der Waals surface area contributed by atoms with Gasteiger partial charge in [-0.2, -0.15) is 0 Å². The Kier molecular flexibility index (Phi) is 3.98. The Labute approximate surface area is 125 Å². The zero-order chi connectivity index (χ0) is 15.7. The SMILES string of the molecule is COCCn1c(=O)[nH]c(=O)c2c(CCC3CC3)cc(=O)oc21. The van der Waals surface area contributed by atoms with Crippen LogP contribution >= 0.6 is 0 Å². The molecule has 0 unspecified atom stereocenters. The minimum Gasteiger partial charge on any atom is -0.405 e. The van der Waals surface area contributed by atoms with Crippen LogP contribution in [0.3, 0.4) is 0 Å². The van der Waals surface area contributed by atoms with Crippen LogP contribution in [0.2, 0.25) is 0 Å². The lowest BCUT2D eigenvalue weighted by Crippen LogP contribution is -2.32. The van der Waals surface area contributed by atoms with Crippen molar-refractivity contribution in [1.82, 2.24) is 9.55 Å². The molecule has 0 radical (unpaired) electrons. The summed E-state index contributed by atoms with van der Waals surface area (Å²) in [5, 5.41) is 0.288. The fourth-order valence-corrected chi connectivity index (χ4v) is 2.63. The topological polar surface area (TPSA) is 94.3 Å². The van der Waals surface area contributed by atoms with E-state index in [9.17, 15) is 14.4 Å². The monoisotopic (exact) mass is 306 g/mol. The first kappa shape index (κ1) is 14.8. The summed E-state index contributed by atoms with van der Waals surface area (Å²) in [7, 11) is 1.51. The molecule has 118 valence electrons. The average molecular weight is 306 g/mol. The van der Waals surface area contributed by atoms with Crippen LogP contribution in [0, 0.1) is 5.92 Å². The maximum atomic E-state index is 12.2. The molecule has 3 rings (SSSR count). The third-order valence-corrected chi connectivity index (χ3v) is 4.00. The maximum absolute atomic E-state index is 12.2. The maximum Gasteiger partial charge on any atom is 0.337 e. The Bertz CT molecular complexity index is 857. The van der Waals surface area contributed by atoms with Crippen LogP contribution in [-0.4, -0.2) is 23.3 Å². The number of aromatic amines is 1. The molecule has 2 aromatic heterocycles. The second kappa shape index (κ2) is 5.92. The van der Waals surface area contributed by atoms with Crippen molar-refractivity contribution < 1.29 is 9.15 Å². The van der Waals surface area contributed by atoms with Crippen LogP contribution < -0.4 is 16.9 Å². The second-order valence-corrected chi connectivity index (χ2v) is 5.66. The molecular formula is C15H18N2O5. The molecule has 0 aromatic carbocycles. The summed E-state index contributed by atoms with van der Waals surface area (Å²) in [5.74, 6) is 0.681. The van der Waals surface area contributed by atoms with Crippen LogP contribution in [0.1, 0.15) is 24.8 Å². The van der Waals surface area contributed by atoms with Crippen molar-refractivity contribution in [2.45, 2.75) is 32.2 Å². The van der Waals surface area contributed by atoms with Crippen molar-refractivity contribution >= 4 is 11.1 Å². The zero-order valence-corrected chi connectivity index (χ0v) is 12.4. The van der Waals surface area contributed by atoms with Gasteiger partial charge in [-0.15, -0.1) is 0 Å². The number of fused-ring (bicyclic) bond motifs is 1. The van der Waals surface area contributed by atoms with Crippen LogP contribution in [0.4, 0.5) is 0 Å². The Morgan fingerprint density at radius 3 is 2.82 bits per heavy atom. The van der Waals surface area contributed by atoms with Crippen LogP contribution in [0.25, 0.3) is 11.1 Å². The number of ether oxygens (including phenoxy) is 1. The van der Waals surface area contributed by atoms with E-state index < -0.39 is 16.9 Å². The summed E-state index contributed by atoms with van der Waals surface area (Å²) in [4.78, 5) is 38.2. The molecule has 1 saturated carbocycles. The number of aromatic nitrogens is 2. The van der Waals surface area contributed by atoms with Crippen LogP contribution in [0.15, 0.2) is 24.9 Å². The highest BCUT2D eigenvalue weighted by molar-refractivity contribution is 5.75. The molecule has 2 aromatic rings. The van der Waals surface area contributed by atoms with E-state index in [-0.39, 0.29) is 24.3 Å². The Morgan fingerprint density at radius 2 is 2.14 bits per heavy atom. The first-order valence-electron chi connectivity index (χ1n) is 7.39. The highest BCUT2D eigenvalue weighted by Gasteiger charge is 2.22. The van der Waals surface area contributed by atoms with Gasteiger partial charge in [0, 0.05) is 13.2 Å². The first-order valence-corrected chi connectivity index (χ1v) is 7.39. The molecule has 1 fully saturated rings. The Hall–Kier alpha value is -2.15. The molecule has 2 heterocycles. The number of methoxy groups -OCH3 is 1. The number of hydrogen-bond acceptors (Lipinski definition) is 5. The second-order valence-electron chi connectivity index (χ2n) is 5.66. The predicted octanol–water partition coefficient (Wildman–Crippen LogP) is 0.632. The van der Waals surface area contributed by atoms with E-state index in [4.69, 9.17) is 9.15 Å². The molecule has 0 spiro atoms. The van der Waals surface area contributed by atoms with Crippen molar-refractivity contribution in [3.63, 3.8) is 0 Å². The van der Waals surface area contributed by atoms with Gasteiger partial charge in [0.05, 0.1) is 13.2 Å². The molecule has 7 heteroatoms. The molecule has 22 heavy (non-hydrogen) atoms. The number of H-pyrrole nitrogens is 1. The summed E-state index contributed by atoms with van der Waals surface area (Å²) in [5.41, 5.74) is -0.982. The average Bonchev–Trinajstić information content (AvgIpc) is 3.28. The van der Waals surface area contributed by atoms with Gasteiger partial charge >= 0.3 is 11.3 Å². The van der Waals surface area contributed by atoms with Gasteiger partial charge in [-0.3, -0.25) is 14.3 Å². The lowest BCUT2D eigenvalue weighted by Gasteiger charge is -2.09. The molecule has 0 amide bonds. The van der Waals surface area contributed by atoms with E-state index in [2.05, 4.69) is 4.98 Å². The highest BCUT2D eigenvalue weighted by atomic mass is 16.5. The van der Waals surface area contributed by atoms with Gasteiger partial charge in [-0.05, 0) is 24.3 Å². The fourth-order valence-electron chi connectivity index (χ4n) is 2.63. The van der Waals surface area contributed by atoms with Crippen molar-refractivity contribution in [2.75, 3.05) is 13.7 Å². The van der Waals surface area contributed by atoms with Gasteiger partial charge in [0.2, 0.25) is 5.71 Å². The van der Waals surface area contributed by atoms with Crippen LogP contribution in [0.5, 0.6) is 0 Å². The minimum absolute atomic E-state index is 0.0316. The zero-order valence-electron chi connectivity index (χ0n) is 12.4. The lowest BCUT2D eigenvalue weighted by atomic mass is 10.1. The molecule has 1 N–H and O–H groups in total. The number of nitrogens with zero attached hydrogens (tertiary/aromatic N) is 1. The summed E-state index contributed by atoms with van der Waals surface area (Å²) < 4.78 is 11.3.